The van der Waals surface area contributed by atoms with Gasteiger partial charge in [0.2, 0.25) is 0 Å². The molecule has 0 bridgehead atoms. The third-order valence-corrected chi connectivity index (χ3v) is 3.04. The molecule has 0 saturated heterocycles. The normalized spacial score (nSPS) is 17.7. The summed E-state index contributed by atoms with van der Waals surface area (Å²) in [6.45, 7) is 2.03. The van der Waals surface area contributed by atoms with E-state index < -0.39 is 0 Å². The van der Waals surface area contributed by atoms with Crippen LogP contribution in [0.5, 0.6) is 11.5 Å². The van der Waals surface area contributed by atoms with E-state index in [1.807, 2.05) is 35.9 Å². The molecule has 0 radical (unpaired) electrons. The number of ether oxygens (including phenoxy) is 2. The van der Waals surface area contributed by atoms with Crippen LogP contribution >= 0.6 is 0 Å². The van der Waals surface area contributed by atoms with Gasteiger partial charge in [-0.05, 0) is 31.2 Å². The first-order valence-corrected chi connectivity index (χ1v) is 5.82. The van der Waals surface area contributed by atoms with Crippen molar-refractivity contribution < 1.29 is 9.47 Å². The van der Waals surface area contributed by atoms with Gasteiger partial charge in [-0.1, -0.05) is 0 Å². The van der Waals surface area contributed by atoms with Crippen molar-refractivity contribution in [1.29, 1.82) is 0 Å². The number of methoxy groups -OCH3 is 1. The molecular weight excluding hydrogens is 228 g/mol. The van der Waals surface area contributed by atoms with Crippen molar-refractivity contribution in [2.45, 2.75) is 13.0 Å². The second-order valence-electron chi connectivity index (χ2n) is 4.20. The van der Waals surface area contributed by atoms with Crippen LogP contribution in [-0.2, 0) is 0 Å². The Morgan fingerprint density at radius 2 is 2.28 bits per heavy atom. The predicted molar refractivity (Wildman–Crippen MR) is 69.5 cm³/mol. The zero-order chi connectivity index (χ0) is 12.5. The fourth-order valence-corrected chi connectivity index (χ4v) is 2.10. The molecule has 1 aromatic heterocycles. The highest BCUT2D eigenvalue weighted by Gasteiger charge is 2.20. The smallest absolute Gasteiger partial charge is 0.136 e. The lowest BCUT2D eigenvalue weighted by Gasteiger charge is -2.25. The largest absolute Gasteiger partial charge is 0.497 e. The Morgan fingerprint density at radius 3 is 3.00 bits per heavy atom. The van der Waals surface area contributed by atoms with Gasteiger partial charge in [0.15, 0.2) is 0 Å². The molecule has 3 rings (SSSR count). The van der Waals surface area contributed by atoms with Crippen LogP contribution in [0.15, 0.2) is 36.9 Å². The zero-order valence-electron chi connectivity index (χ0n) is 10.3. The summed E-state index contributed by atoms with van der Waals surface area (Å²) in [5, 5.41) is 0. The second kappa shape index (κ2) is 4.22. The molecular formula is C14H14N2O2. The number of fused-ring (bicyclic) bond motifs is 1. The maximum atomic E-state index is 5.90. The van der Waals surface area contributed by atoms with Gasteiger partial charge in [0.25, 0.3) is 0 Å². The van der Waals surface area contributed by atoms with Crippen LogP contribution in [0.4, 0.5) is 0 Å². The molecule has 4 nitrogen and oxygen atoms in total. The number of aromatic nitrogens is 2. The molecule has 2 aromatic rings. The SMILES string of the molecule is COc1ccc2c(c1)C=C(n1ccnc1)C(C)O2. The number of rotatable bonds is 2. The van der Waals surface area contributed by atoms with Crippen LogP contribution in [0.25, 0.3) is 11.8 Å². The first-order chi connectivity index (χ1) is 8.78. The summed E-state index contributed by atoms with van der Waals surface area (Å²) >= 11 is 0. The molecule has 1 atom stereocenters. The van der Waals surface area contributed by atoms with Crippen LogP contribution < -0.4 is 9.47 Å². The number of imidazole rings is 1. The van der Waals surface area contributed by atoms with Gasteiger partial charge in [0.1, 0.15) is 17.6 Å². The minimum Gasteiger partial charge on any atom is -0.497 e. The Bertz CT molecular complexity index is 588. The highest BCUT2D eigenvalue weighted by atomic mass is 16.5. The van der Waals surface area contributed by atoms with Crippen molar-refractivity contribution in [1.82, 2.24) is 9.55 Å². The molecule has 1 aromatic carbocycles. The summed E-state index contributed by atoms with van der Waals surface area (Å²) in [4.78, 5) is 4.06. The third-order valence-electron chi connectivity index (χ3n) is 3.04. The van der Waals surface area contributed by atoms with Crippen LogP contribution in [0.2, 0.25) is 0 Å². The second-order valence-corrected chi connectivity index (χ2v) is 4.20. The highest BCUT2D eigenvalue weighted by molar-refractivity contribution is 5.78. The summed E-state index contributed by atoms with van der Waals surface area (Å²) in [7, 11) is 1.66. The zero-order valence-corrected chi connectivity index (χ0v) is 10.3. The lowest BCUT2D eigenvalue weighted by atomic mass is 10.1. The Kier molecular flexibility index (Phi) is 2.55. The van der Waals surface area contributed by atoms with Gasteiger partial charge < -0.3 is 14.0 Å². The lowest BCUT2D eigenvalue weighted by molar-refractivity contribution is 0.268. The van der Waals surface area contributed by atoms with Gasteiger partial charge in [-0.2, -0.15) is 0 Å². The van der Waals surface area contributed by atoms with Gasteiger partial charge in [0, 0.05) is 18.0 Å². The van der Waals surface area contributed by atoms with E-state index in [1.54, 1.807) is 19.6 Å². The van der Waals surface area contributed by atoms with Gasteiger partial charge in [0.05, 0.1) is 19.1 Å². The van der Waals surface area contributed by atoms with Crippen molar-refractivity contribution in [3.63, 3.8) is 0 Å². The number of nitrogens with zero attached hydrogens (tertiary/aromatic N) is 2. The van der Waals surface area contributed by atoms with E-state index in [9.17, 15) is 0 Å². The van der Waals surface area contributed by atoms with Crippen LogP contribution in [0, 0.1) is 0 Å². The van der Waals surface area contributed by atoms with Gasteiger partial charge >= 0.3 is 0 Å². The molecule has 0 saturated carbocycles. The molecule has 0 aliphatic carbocycles. The van der Waals surface area contributed by atoms with Crippen LogP contribution in [0.3, 0.4) is 0 Å². The summed E-state index contributed by atoms with van der Waals surface area (Å²) in [6.07, 6.45) is 7.55. The average Bonchev–Trinajstić information content (AvgIpc) is 2.91. The van der Waals surface area contributed by atoms with Crippen molar-refractivity contribution in [2.24, 2.45) is 0 Å². The third kappa shape index (κ3) is 1.76. The summed E-state index contributed by atoms with van der Waals surface area (Å²) in [5.74, 6) is 1.71. The van der Waals surface area contributed by atoms with Crippen molar-refractivity contribution in [2.75, 3.05) is 7.11 Å². The van der Waals surface area contributed by atoms with E-state index in [4.69, 9.17) is 9.47 Å². The summed E-state index contributed by atoms with van der Waals surface area (Å²) < 4.78 is 13.1. The fourth-order valence-electron chi connectivity index (χ4n) is 2.10. The molecule has 4 heteroatoms. The summed E-state index contributed by atoms with van der Waals surface area (Å²) in [6, 6.07) is 5.81. The molecule has 0 spiro atoms. The standard InChI is InChI=1S/C14H14N2O2/c1-10-13(16-6-5-15-9-16)8-11-7-12(17-2)3-4-14(11)18-10/h3-10H,1-2H3. The summed E-state index contributed by atoms with van der Waals surface area (Å²) in [5.41, 5.74) is 2.09. The first kappa shape index (κ1) is 10.9. The van der Waals surface area contributed by atoms with Crippen LogP contribution in [0.1, 0.15) is 12.5 Å². The average molecular weight is 242 g/mol. The highest BCUT2D eigenvalue weighted by Crippen LogP contribution is 2.33. The molecule has 1 aliphatic heterocycles. The van der Waals surface area contributed by atoms with Crippen molar-refractivity contribution >= 4 is 11.8 Å². The van der Waals surface area contributed by atoms with E-state index in [0.29, 0.717) is 0 Å². The van der Waals surface area contributed by atoms with Gasteiger partial charge in [-0.3, -0.25) is 0 Å². The Morgan fingerprint density at radius 1 is 1.39 bits per heavy atom. The molecule has 0 N–H and O–H groups in total. The molecule has 1 unspecified atom stereocenters. The maximum absolute atomic E-state index is 5.90. The Labute approximate surface area is 105 Å². The van der Waals surface area contributed by atoms with E-state index in [1.165, 1.54) is 0 Å². The number of benzene rings is 1. The number of hydrogen-bond donors (Lipinski definition) is 0. The molecule has 0 amide bonds. The lowest BCUT2D eigenvalue weighted by Crippen LogP contribution is -2.21. The van der Waals surface area contributed by atoms with Gasteiger partial charge in [-0.25, -0.2) is 4.98 Å². The van der Waals surface area contributed by atoms with E-state index in [0.717, 1.165) is 22.8 Å². The predicted octanol–water partition coefficient (Wildman–Crippen LogP) is 2.67. The Hall–Kier alpha value is -2.23. The minimum atomic E-state index is 0.0000879. The monoisotopic (exact) mass is 242 g/mol. The minimum absolute atomic E-state index is 0.0000879. The van der Waals surface area contributed by atoms with Crippen molar-refractivity contribution in [3.05, 3.63) is 42.5 Å². The first-order valence-electron chi connectivity index (χ1n) is 5.82. The van der Waals surface area contributed by atoms with E-state index >= 15 is 0 Å². The topological polar surface area (TPSA) is 36.3 Å². The van der Waals surface area contributed by atoms with Crippen LogP contribution in [-0.4, -0.2) is 22.8 Å². The molecule has 92 valence electrons. The Balaban J connectivity index is 2.08. The maximum Gasteiger partial charge on any atom is 0.136 e. The van der Waals surface area contributed by atoms with Gasteiger partial charge in [-0.15, -0.1) is 0 Å². The van der Waals surface area contributed by atoms with E-state index in [-0.39, 0.29) is 6.10 Å². The quantitative estimate of drug-likeness (QED) is 0.812. The molecule has 0 fully saturated rings. The molecule has 2 heterocycles. The van der Waals surface area contributed by atoms with Crippen molar-refractivity contribution in [3.8, 4) is 11.5 Å². The molecule has 18 heavy (non-hydrogen) atoms. The van der Waals surface area contributed by atoms with E-state index in [2.05, 4.69) is 11.1 Å². The molecule has 1 aliphatic rings. The number of hydrogen-bond acceptors (Lipinski definition) is 3. The fraction of sp³-hybridized carbons (Fsp3) is 0.214.